The van der Waals surface area contributed by atoms with Gasteiger partial charge in [-0.1, -0.05) is 36.4 Å². The molecular weight excluding hydrogens is 476 g/mol. The molecule has 0 spiro atoms. The summed E-state index contributed by atoms with van der Waals surface area (Å²) in [6.45, 7) is 5.07. The third-order valence-corrected chi connectivity index (χ3v) is 8.05. The molecule has 1 aliphatic rings. The molecular formula is C28H34N2O5S. The molecule has 1 aliphatic heterocycles. The smallest absolute Gasteiger partial charge is 0.175 e. The van der Waals surface area contributed by atoms with Crippen molar-refractivity contribution in [2.45, 2.75) is 29.9 Å². The van der Waals surface area contributed by atoms with Gasteiger partial charge in [-0.2, -0.15) is 0 Å². The zero-order valence-corrected chi connectivity index (χ0v) is 21.4. The number of hydrogen-bond donors (Lipinski definition) is 3. The van der Waals surface area contributed by atoms with Gasteiger partial charge in [0.05, 0.1) is 4.90 Å². The molecule has 0 atom stereocenters. The van der Waals surface area contributed by atoms with Crippen LogP contribution < -0.4 is 0 Å². The summed E-state index contributed by atoms with van der Waals surface area (Å²) in [7, 11) is -3.19. The highest BCUT2D eigenvalue weighted by Gasteiger charge is 2.32. The van der Waals surface area contributed by atoms with Crippen LogP contribution in [0.25, 0.3) is 0 Å². The molecule has 1 fully saturated rings. The Morgan fingerprint density at radius 3 is 1.78 bits per heavy atom. The monoisotopic (exact) mass is 510 g/mol. The largest absolute Gasteiger partial charge is 0.508 e. The number of benzene rings is 3. The minimum atomic E-state index is -3.19. The summed E-state index contributed by atoms with van der Waals surface area (Å²) < 4.78 is 23.4. The Kier molecular flexibility index (Phi) is 8.00. The molecule has 4 rings (SSSR count). The summed E-state index contributed by atoms with van der Waals surface area (Å²) in [5, 5.41) is 31.3. The number of hydrogen-bond acceptors (Lipinski definition) is 7. The summed E-state index contributed by atoms with van der Waals surface area (Å²) in [6, 6.07) is 20.4. The number of phenolic OH excluding ortho intramolecular Hbond substituents is 2. The third-order valence-electron chi connectivity index (χ3n) is 6.92. The van der Waals surface area contributed by atoms with Crippen molar-refractivity contribution >= 4 is 9.84 Å². The second kappa shape index (κ2) is 11.0. The zero-order chi connectivity index (χ0) is 25.8. The molecule has 1 saturated heterocycles. The highest BCUT2D eigenvalue weighted by Crippen LogP contribution is 2.35. The molecule has 0 amide bonds. The van der Waals surface area contributed by atoms with Gasteiger partial charge in [-0.25, -0.2) is 8.42 Å². The van der Waals surface area contributed by atoms with Gasteiger partial charge in [-0.3, -0.25) is 4.90 Å². The summed E-state index contributed by atoms with van der Waals surface area (Å²) in [4.78, 5) is 5.07. The van der Waals surface area contributed by atoms with Gasteiger partial charge in [0, 0.05) is 32.4 Å². The lowest BCUT2D eigenvalue weighted by Crippen LogP contribution is -2.36. The van der Waals surface area contributed by atoms with E-state index in [1.54, 1.807) is 60.7 Å². The van der Waals surface area contributed by atoms with Crippen molar-refractivity contribution in [3.05, 3.63) is 89.5 Å². The molecule has 192 valence electrons. The van der Waals surface area contributed by atoms with Crippen LogP contribution in [0, 0.1) is 0 Å². The maximum Gasteiger partial charge on any atom is 0.175 e. The van der Waals surface area contributed by atoms with E-state index in [-0.39, 0.29) is 11.5 Å². The van der Waals surface area contributed by atoms with Crippen LogP contribution in [-0.2, 0) is 22.0 Å². The van der Waals surface area contributed by atoms with Crippen LogP contribution in [-0.4, -0.2) is 72.5 Å². The van der Waals surface area contributed by atoms with E-state index in [4.69, 9.17) is 0 Å². The van der Waals surface area contributed by atoms with E-state index in [1.807, 2.05) is 12.1 Å². The molecule has 0 unspecified atom stereocenters. The fraction of sp³-hybridized carbons (Fsp3) is 0.357. The van der Waals surface area contributed by atoms with Crippen molar-refractivity contribution in [3.63, 3.8) is 0 Å². The average molecular weight is 511 g/mol. The van der Waals surface area contributed by atoms with Crippen LogP contribution in [0.15, 0.2) is 77.7 Å². The minimum absolute atomic E-state index is 0.144. The molecule has 1 heterocycles. The zero-order valence-electron chi connectivity index (χ0n) is 20.5. The molecule has 36 heavy (non-hydrogen) atoms. The van der Waals surface area contributed by atoms with Crippen LogP contribution in [0.5, 0.6) is 11.5 Å². The second-order valence-electron chi connectivity index (χ2n) is 9.59. The lowest BCUT2D eigenvalue weighted by Gasteiger charge is -2.32. The lowest BCUT2D eigenvalue weighted by atomic mass is 9.83. The lowest BCUT2D eigenvalue weighted by molar-refractivity contribution is 0.0576. The second-order valence-corrected chi connectivity index (χ2v) is 11.6. The topological polar surface area (TPSA) is 101 Å². The van der Waals surface area contributed by atoms with E-state index in [0.29, 0.717) is 29.0 Å². The highest BCUT2D eigenvalue weighted by atomic mass is 32.2. The number of aliphatic hydroxyl groups is 1. The number of phenols is 2. The Balaban J connectivity index is 1.40. The summed E-state index contributed by atoms with van der Waals surface area (Å²) in [5.74, 6) is 0.288. The Hall–Kier alpha value is -2.91. The number of aromatic hydroxyl groups is 2. The fourth-order valence-corrected chi connectivity index (χ4v) is 5.39. The first kappa shape index (κ1) is 26.2. The molecule has 3 aromatic rings. The maximum atomic E-state index is 11.8. The molecule has 7 nitrogen and oxygen atoms in total. The van der Waals surface area contributed by atoms with E-state index < -0.39 is 15.4 Å². The normalized spacial score (nSPS) is 16.1. The molecule has 0 saturated carbocycles. The summed E-state index contributed by atoms with van der Waals surface area (Å²) in [6.07, 6.45) is 2.68. The van der Waals surface area contributed by atoms with Crippen LogP contribution >= 0.6 is 0 Å². The molecule has 8 heteroatoms. The van der Waals surface area contributed by atoms with Crippen molar-refractivity contribution < 1.29 is 23.7 Å². The van der Waals surface area contributed by atoms with Crippen molar-refractivity contribution in [2.24, 2.45) is 0 Å². The molecule has 3 N–H and O–H groups in total. The Morgan fingerprint density at radius 2 is 1.25 bits per heavy atom. The van der Waals surface area contributed by atoms with Gasteiger partial charge < -0.3 is 20.2 Å². The first-order chi connectivity index (χ1) is 17.1. The summed E-state index contributed by atoms with van der Waals surface area (Å²) in [5.41, 5.74) is 1.22. The van der Waals surface area contributed by atoms with E-state index in [9.17, 15) is 23.7 Å². The fourth-order valence-electron chi connectivity index (χ4n) is 4.76. The Labute approximate surface area is 213 Å². The van der Waals surface area contributed by atoms with Crippen LogP contribution in [0.2, 0.25) is 0 Å². The van der Waals surface area contributed by atoms with Gasteiger partial charge >= 0.3 is 0 Å². The van der Waals surface area contributed by atoms with Crippen LogP contribution in [0.4, 0.5) is 0 Å². The Morgan fingerprint density at radius 1 is 0.750 bits per heavy atom. The van der Waals surface area contributed by atoms with Gasteiger partial charge in [0.1, 0.15) is 17.1 Å². The van der Waals surface area contributed by atoms with E-state index in [0.717, 1.165) is 44.7 Å². The molecule has 0 aliphatic carbocycles. The number of nitrogens with zero attached hydrogens (tertiary/aromatic N) is 2. The number of rotatable bonds is 8. The molecule has 0 radical (unpaired) electrons. The first-order valence-electron chi connectivity index (χ1n) is 12.2. The van der Waals surface area contributed by atoms with E-state index in [2.05, 4.69) is 9.80 Å². The number of sulfone groups is 1. The van der Waals surface area contributed by atoms with Crippen molar-refractivity contribution in [2.75, 3.05) is 39.0 Å². The van der Waals surface area contributed by atoms with Crippen LogP contribution in [0.3, 0.4) is 0 Å². The van der Waals surface area contributed by atoms with Gasteiger partial charge in [0.2, 0.25) is 0 Å². The standard InChI is InChI=1S/C28H34N2O5S/c1-36(34,35)27-13-3-22(4-14-27)21-30-17-2-16-29(19-20-30)18-15-28(33,23-5-9-25(31)10-6-23)24-7-11-26(32)12-8-24/h3-14,31-33H,2,15-21H2,1H3. The molecule has 0 bridgehead atoms. The predicted molar refractivity (Wildman–Crippen MR) is 140 cm³/mol. The first-order valence-corrected chi connectivity index (χ1v) is 14.1. The van der Waals surface area contributed by atoms with Crippen molar-refractivity contribution in [3.8, 4) is 11.5 Å². The Bertz CT molecular complexity index is 1200. The van der Waals surface area contributed by atoms with Crippen molar-refractivity contribution in [1.82, 2.24) is 9.80 Å². The SMILES string of the molecule is CS(=O)(=O)c1ccc(CN2CCCN(CCC(O)(c3ccc(O)cc3)c3ccc(O)cc3)CC2)cc1. The third kappa shape index (κ3) is 6.44. The molecule has 0 aromatic heterocycles. The van der Waals surface area contributed by atoms with Crippen molar-refractivity contribution in [1.29, 1.82) is 0 Å². The van der Waals surface area contributed by atoms with E-state index >= 15 is 0 Å². The van der Waals surface area contributed by atoms with Gasteiger partial charge in [0.25, 0.3) is 0 Å². The average Bonchev–Trinajstić information content (AvgIpc) is 3.08. The predicted octanol–water partition coefficient (Wildman–Crippen LogP) is 3.34. The molecule has 3 aromatic carbocycles. The maximum absolute atomic E-state index is 11.8. The quantitative estimate of drug-likeness (QED) is 0.427. The van der Waals surface area contributed by atoms with Gasteiger partial charge in [-0.05, 0) is 79.0 Å². The summed E-state index contributed by atoms with van der Waals surface area (Å²) >= 11 is 0. The van der Waals surface area contributed by atoms with Crippen LogP contribution in [0.1, 0.15) is 29.5 Å². The van der Waals surface area contributed by atoms with E-state index in [1.165, 1.54) is 6.26 Å². The van der Waals surface area contributed by atoms with Gasteiger partial charge in [0.15, 0.2) is 9.84 Å². The van der Waals surface area contributed by atoms with Gasteiger partial charge in [-0.15, -0.1) is 0 Å². The highest BCUT2D eigenvalue weighted by molar-refractivity contribution is 7.90. The minimum Gasteiger partial charge on any atom is -0.508 e.